The summed E-state index contributed by atoms with van der Waals surface area (Å²) in [7, 11) is 0. The molecule has 1 aromatic carbocycles. The molecule has 0 saturated heterocycles. The summed E-state index contributed by atoms with van der Waals surface area (Å²) >= 11 is 2.98. The Balaban J connectivity index is 2.86. The molecule has 0 fully saturated rings. The first-order chi connectivity index (χ1) is 9.69. The Bertz CT molecular complexity index is 902. The topological polar surface area (TPSA) is 99.6 Å². The Morgan fingerprint density at radius 1 is 0.850 bits per heavy atom. The van der Waals surface area contributed by atoms with Crippen molar-refractivity contribution in [3.05, 3.63) is 33.3 Å². The Labute approximate surface area is 122 Å². The number of nitrogens with zero attached hydrogens (tertiary/aromatic N) is 2. The summed E-state index contributed by atoms with van der Waals surface area (Å²) in [6.45, 7) is 0. The molecule has 96 valence electrons. The molecule has 0 radical (unpaired) electrons. The molecule has 6 heteroatoms. The largest absolute Gasteiger partial charge is 0.390 e. The fourth-order valence-electron chi connectivity index (χ4n) is 2.29. The number of thiophene rings is 2. The molecule has 3 aromatic rings. The molecule has 0 saturated carbocycles. The maximum Gasteiger partial charge on any atom is 0.120 e. The van der Waals surface area contributed by atoms with Gasteiger partial charge in [0.2, 0.25) is 0 Å². The lowest BCUT2D eigenvalue weighted by molar-refractivity contribution is 1.48. The van der Waals surface area contributed by atoms with E-state index in [2.05, 4.69) is 0 Å². The van der Waals surface area contributed by atoms with Crippen molar-refractivity contribution in [3.8, 4) is 12.1 Å². The van der Waals surface area contributed by atoms with Gasteiger partial charge in [0.1, 0.15) is 23.5 Å². The molecule has 0 amide bonds. The zero-order valence-corrected chi connectivity index (χ0v) is 11.8. The second kappa shape index (κ2) is 4.53. The SMILES string of the molecule is N#CC(N)=c1c2ccsc2c(=C(N)C#N)c2ccsc12. The fourth-order valence-corrected chi connectivity index (χ4v) is 4.24. The minimum atomic E-state index is 0.183. The second-order valence-corrected chi connectivity index (χ2v) is 5.96. The van der Waals surface area contributed by atoms with E-state index in [1.54, 1.807) is 0 Å². The summed E-state index contributed by atoms with van der Waals surface area (Å²) in [4.78, 5) is 0. The van der Waals surface area contributed by atoms with Crippen LogP contribution in [0.1, 0.15) is 0 Å². The van der Waals surface area contributed by atoms with Gasteiger partial charge in [0.05, 0.1) is 0 Å². The van der Waals surface area contributed by atoms with Crippen molar-refractivity contribution < 1.29 is 0 Å². The molecule has 0 bridgehead atoms. The summed E-state index contributed by atoms with van der Waals surface area (Å²) < 4.78 is 1.78. The normalized spacial score (nSPS) is 13.9. The van der Waals surface area contributed by atoms with Gasteiger partial charge >= 0.3 is 0 Å². The average Bonchev–Trinajstić information content (AvgIpc) is 3.11. The number of benzene rings is 1. The molecule has 0 aliphatic heterocycles. The van der Waals surface area contributed by atoms with Crippen LogP contribution in [0, 0.1) is 22.7 Å². The standard InChI is InChI=1S/C14H8N4S2/c15-5-9(17)11-7-1-3-19-13(7)12(10(18)6-16)8-2-4-20-14(8)11/h1-4H,17-18H2. The molecular weight excluding hydrogens is 288 g/mol. The Morgan fingerprint density at radius 3 is 1.60 bits per heavy atom. The van der Waals surface area contributed by atoms with Gasteiger partial charge in [-0.3, -0.25) is 0 Å². The maximum atomic E-state index is 9.12. The van der Waals surface area contributed by atoms with Gasteiger partial charge in [-0.15, -0.1) is 22.7 Å². The molecule has 3 rings (SSSR count). The Kier molecular flexibility index (Phi) is 2.83. The number of rotatable bonds is 0. The molecule has 2 aromatic heterocycles. The van der Waals surface area contributed by atoms with E-state index in [4.69, 9.17) is 22.0 Å². The Hall–Kier alpha value is -2.54. The van der Waals surface area contributed by atoms with Gasteiger partial charge in [-0.25, -0.2) is 0 Å². The number of fused-ring (bicyclic) bond motifs is 2. The van der Waals surface area contributed by atoms with Crippen molar-refractivity contribution in [3.63, 3.8) is 0 Å². The van der Waals surface area contributed by atoms with E-state index in [9.17, 15) is 0 Å². The molecule has 4 nitrogen and oxygen atoms in total. The van der Waals surface area contributed by atoms with Crippen LogP contribution in [0.2, 0.25) is 0 Å². The minimum absolute atomic E-state index is 0.183. The van der Waals surface area contributed by atoms with Crippen molar-refractivity contribution in [2.45, 2.75) is 0 Å². The third-order valence-corrected chi connectivity index (χ3v) is 4.97. The summed E-state index contributed by atoms with van der Waals surface area (Å²) in [6, 6.07) is 7.84. The first kappa shape index (κ1) is 12.5. The van der Waals surface area contributed by atoms with E-state index in [0.29, 0.717) is 0 Å². The highest BCUT2D eigenvalue weighted by atomic mass is 32.1. The van der Waals surface area contributed by atoms with E-state index in [1.807, 2.05) is 35.0 Å². The first-order valence-electron chi connectivity index (χ1n) is 5.65. The van der Waals surface area contributed by atoms with Crippen LogP contribution in [-0.2, 0) is 0 Å². The highest BCUT2D eigenvalue weighted by molar-refractivity contribution is 7.18. The van der Waals surface area contributed by atoms with Crippen LogP contribution in [0.4, 0.5) is 0 Å². The summed E-state index contributed by atoms with van der Waals surface area (Å²) in [5.74, 6) is 0. The molecule has 0 unspecified atom stereocenters. The zero-order chi connectivity index (χ0) is 14.3. The summed E-state index contributed by atoms with van der Waals surface area (Å²) in [6.07, 6.45) is 0. The third-order valence-electron chi connectivity index (χ3n) is 3.10. The highest BCUT2D eigenvalue weighted by Crippen LogP contribution is 2.22. The summed E-state index contributed by atoms with van der Waals surface area (Å²) in [5.41, 5.74) is 12.1. The van der Waals surface area contributed by atoms with Crippen molar-refractivity contribution in [1.82, 2.24) is 0 Å². The lowest BCUT2D eigenvalue weighted by atomic mass is 10.1. The van der Waals surface area contributed by atoms with E-state index >= 15 is 0 Å². The molecule has 0 atom stereocenters. The van der Waals surface area contributed by atoms with Crippen molar-refractivity contribution in [2.75, 3.05) is 0 Å². The van der Waals surface area contributed by atoms with Crippen LogP contribution in [0.3, 0.4) is 0 Å². The smallest absolute Gasteiger partial charge is 0.120 e. The van der Waals surface area contributed by atoms with Gasteiger partial charge in [0.15, 0.2) is 0 Å². The highest BCUT2D eigenvalue weighted by Gasteiger charge is 2.12. The molecule has 0 spiro atoms. The van der Waals surface area contributed by atoms with Crippen LogP contribution in [0.15, 0.2) is 22.9 Å². The van der Waals surface area contributed by atoms with Gasteiger partial charge in [-0.1, -0.05) is 0 Å². The second-order valence-electron chi connectivity index (χ2n) is 4.13. The molecule has 0 aliphatic carbocycles. The lowest BCUT2D eigenvalue weighted by Gasteiger charge is -2.01. The van der Waals surface area contributed by atoms with Crippen LogP contribution >= 0.6 is 22.7 Å². The van der Waals surface area contributed by atoms with Crippen molar-refractivity contribution >= 4 is 54.2 Å². The predicted octanol–water partition coefficient (Wildman–Crippen LogP) is 1.30. The average molecular weight is 296 g/mol. The van der Waals surface area contributed by atoms with E-state index in [1.165, 1.54) is 22.7 Å². The van der Waals surface area contributed by atoms with Crippen LogP contribution in [0.5, 0.6) is 0 Å². The van der Waals surface area contributed by atoms with E-state index in [-0.39, 0.29) is 11.4 Å². The third kappa shape index (κ3) is 1.56. The number of nitriles is 2. The van der Waals surface area contributed by atoms with Crippen LogP contribution in [0.25, 0.3) is 31.6 Å². The van der Waals surface area contributed by atoms with Crippen molar-refractivity contribution in [2.24, 2.45) is 11.5 Å². The number of hydrogen-bond donors (Lipinski definition) is 2. The van der Waals surface area contributed by atoms with Gasteiger partial charge in [0, 0.05) is 30.6 Å². The molecule has 4 N–H and O–H groups in total. The van der Waals surface area contributed by atoms with Gasteiger partial charge < -0.3 is 11.5 Å². The van der Waals surface area contributed by atoms with Gasteiger partial charge in [-0.2, -0.15) is 10.5 Å². The van der Waals surface area contributed by atoms with Crippen molar-refractivity contribution in [1.29, 1.82) is 10.5 Å². The monoisotopic (exact) mass is 296 g/mol. The number of hydrogen-bond acceptors (Lipinski definition) is 6. The zero-order valence-electron chi connectivity index (χ0n) is 10.2. The summed E-state index contributed by atoms with van der Waals surface area (Å²) in [5, 5.41) is 25.3. The number of nitrogens with two attached hydrogens (primary N) is 2. The molecule has 20 heavy (non-hydrogen) atoms. The van der Waals surface area contributed by atoms with E-state index < -0.39 is 0 Å². The molecule has 0 aliphatic rings. The fraction of sp³-hybridized carbons (Fsp3) is 0. The first-order valence-corrected chi connectivity index (χ1v) is 7.41. The minimum Gasteiger partial charge on any atom is -0.390 e. The molecule has 2 heterocycles. The van der Waals surface area contributed by atoms with Crippen LogP contribution in [-0.4, -0.2) is 0 Å². The molecular formula is C14H8N4S2. The van der Waals surface area contributed by atoms with Gasteiger partial charge in [-0.05, 0) is 22.9 Å². The predicted molar refractivity (Wildman–Crippen MR) is 82.9 cm³/mol. The quantitative estimate of drug-likeness (QED) is 0.653. The van der Waals surface area contributed by atoms with Gasteiger partial charge in [0.25, 0.3) is 0 Å². The lowest BCUT2D eigenvalue weighted by Crippen LogP contribution is -2.20. The maximum absolute atomic E-state index is 9.12. The Morgan fingerprint density at radius 2 is 1.25 bits per heavy atom. The van der Waals surface area contributed by atoms with E-state index in [0.717, 1.165) is 30.6 Å². The van der Waals surface area contributed by atoms with Crippen LogP contribution < -0.4 is 21.9 Å².